The zero-order chi connectivity index (χ0) is 15.3. The van der Waals surface area contributed by atoms with Gasteiger partial charge in [-0.25, -0.2) is 0 Å². The summed E-state index contributed by atoms with van der Waals surface area (Å²) < 4.78 is 10.3. The molecule has 5 heteroatoms. The van der Waals surface area contributed by atoms with Crippen LogP contribution >= 0.6 is 0 Å². The number of carbonyl (C=O) groups is 1. The lowest BCUT2D eigenvalue weighted by Crippen LogP contribution is -2.33. The van der Waals surface area contributed by atoms with E-state index >= 15 is 0 Å². The van der Waals surface area contributed by atoms with Crippen molar-refractivity contribution in [2.75, 3.05) is 13.7 Å². The highest BCUT2D eigenvalue weighted by atomic mass is 16.5. The maximum atomic E-state index is 11.3. The molecule has 1 aliphatic carbocycles. The Morgan fingerprint density at radius 1 is 1.43 bits per heavy atom. The summed E-state index contributed by atoms with van der Waals surface area (Å²) in [6, 6.07) is 9.08. The molecule has 0 heterocycles. The highest BCUT2D eigenvalue weighted by Gasteiger charge is 2.43. The first-order chi connectivity index (χ1) is 10.1. The monoisotopic (exact) mass is 288 g/mol. The minimum atomic E-state index is -0.646. The second-order valence-electron chi connectivity index (χ2n) is 5.60. The summed E-state index contributed by atoms with van der Waals surface area (Å²) in [6.07, 6.45) is 3.11. The van der Waals surface area contributed by atoms with Crippen molar-refractivity contribution in [1.82, 2.24) is 0 Å². The summed E-state index contributed by atoms with van der Waals surface area (Å²) in [4.78, 5) is 11.3. The van der Waals surface area contributed by atoms with E-state index < -0.39 is 12.0 Å². The van der Waals surface area contributed by atoms with E-state index in [1.54, 1.807) is 0 Å². The first kappa shape index (κ1) is 15.3. The number of nitrogens with two attached hydrogens (primary N) is 1. The van der Waals surface area contributed by atoms with Crippen LogP contribution in [0.15, 0.2) is 24.3 Å². The van der Waals surface area contributed by atoms with Gasteiger partial charge in [-0.3, -0.25) is 4.79 Å². The number of methoxy groups -OCH3 is 1. The normalized spacial score (nSPS) is 16.6. The first-order valence-electron chi connectivity index (χ1n) is 7.01. The van der Waals surface area contributed by atoms with Crippen LogP contribution in [0.4, 0.5) is 0 Å². The lowest BCUT2D eigenvalue weighted by molar-refractivity contribution is -0.142. The van der Waals surface area contributed by atoms with Gasteiger partial charge in [0.25, 0.3) is 0 Å². The van der Waals surface area contributed by atoms with Crippen molar-refractivity contribution in [2.45, 2.75) is 31.7 Å². The van der Waals surface area contributed by atoms with Crippen LogP contribution in [0.5, 0.6) is 5.75 Å². The van der Waals surface area contributed by atoms with Gasteiger partial charge in [0.1, 0.15) is 11.8 Å². The fraction of sp³-hybridized carbons (Fsp3) is 0.500. The average Bonchev–Trinajstić information content (AvgIpc) is 3.26. The van der Waals surface area contributed by atoms with Crippen LogP contribution < -0.4 is 10.5 Å². The van der Waals surface area contributed by atoms with Crippen molar-refractivity contribution in [2.24, 2.45) is 11.1 Å². The number of benzene rings is 1. The molecule has 1 unspecified atom stereocenters. The summed E-state index contributed by atoms with van der Waals surface area (Å²) in [5, 5.41) is 8.77. The molecule has 1 aliphatic rings. The van der Waals surface area contributed by atoms with Gasteiger partial charge in [-0.1, -0.05) is 12.1 Å². The van der Waals surface area contributed by atoms with Gasteiger partial charge in [-0.15, -0.1) is 0 Å². The van der Waals surface area contributed by atoms with Gasteiger partial charge in [0.05, 0.1) is 19.8 Å². The molecule has 5 nitrogen and oxygen atoms in total. The second kappa shape index (κ2) is 6.59. The number of hydrogen-bond donors (Lipinski definition) is 1. The van der Waals surface area contributed by atoms with Gasteiger partial charge in [-0.05, 0) is 37.0 Å². The van der Waals surface area contributed by atoms with Gasteiger partial charge >= 0.3 is 5.97 Å². The van der Waals surface area contributed by atoms with Crippen LogP contribution in [0.25, 0.3) is 0 Å². The molecule has 0 aromatic heterocycles. The topological polar surface area (TPSA) is 85.3 Å². The van der Waals surface area contributed by atoms with Crippen molar-refractivity contribution in [3.8, 4) is 11.8 Å². The molecule has 2 N–H and O–H groups in total. The molecular formula is C16H20N2O3. The highest BCUT2D eigenvalue weighted by Crippen LogP contribution is 2.48. The van der Waals surface area contributed by atoms with Crippen LogP contribution in [0.1, 0.15) is 24.8 Å². The third kappa shape index (κ3) is 4.20. The molecule has 0 spiro atoms. The average molecular weight is 288 g/mol. The van der Waals surface area contributed by atoms with E-state index in [2.05, 4.69) is 10.8 Å². The minimum Gasteiger partial charge on any atom is -0.493 e. The number of nitriles is 1. The van der Waals surface area contributed by atoms with Gasteiger partial charge < -0.3 is 15.2 Å². The molecule has 1 aromatic carbocycles. The summed E-state index contributed by atoms with van der Waals surface area (Å²) >= 11 is 0. The number of rotatable bonds is 7. The lowest BCUT2D eigenvalue weighted by atomic mass is 10.1. The van der Waals surface area contributed by atoms with Crippen LogP contribution in [0, 0.1) is 16.7 Å². The molecule has 21 heavy (non-hydrogen) atoms. The second-order valence-corrected chi connectivity index (χ2v) is 5.60. The predicted molar refractivity (Wildman–Crippen MR) is 77.5 cm³/mol. The summed E-state index contributed by atoms with van der Waals surface area (Å²) in [6.45, 7) is 0.585. The van der Waals surface area contributed by atoms with E-state index in [0.29, 0.717) is 19.4 Å². The lowest BCUT2D eigenvalue weighted by Gasteiger charge is -2.13. The molecule has 0 radical (unpaired) electrons. The Morgan fingerprint density at radius 2 is 2.10 bits per heavy atom. The van der Waals surface area contributed by atoms with Crippen molar-refractivity contribution in [3.63, 3.8) is 0 Å². The van der Waals surface area contributed by atoms with Gasteiger partial charge in [0.15, 0.2) is 0 Å². The highest BCUT2D eigenvalue weighted by molar-refractivity contribution is 5.75. The van der Waals surface area contributed by atoms with Crippen molar-refractivity contribution < 1.29 is 14.3 Å². The maximum Gasteiger partial charge on any atom is 0.322 e. The SMILES string of the molecule is COC(=O)C(N)Cc1ccc(OCC2(CC#N)CC2)cc1. The van der Waals surface area contributed by atoms with E-state index in [4.69, 9.17) is 15.7 Å². The fourth-order valence-corrected chi connectivity index (χ4v) is 2.16. The summed E-state index contributed by atoms with van der Waals surface area (Å²) in [7, 11) is 1.33. The van der Waals surface area contributed by atoms with Crippen molar-refractivity contribution >= 4 is 5.97 Å². The van der Waals surface area contributed by atoms with Crippen LogP contribution in [0.2, 0.25) is 0 Å². The standard InChI is InChI=1S/C16H20N2O3/c1-20-15(19)14(18)10-12-2-4-13(5-3-12)21-11-16(6-7-16)8-9-17/h2-5,14H,6-8,10-11,18H2,1H3. The van der Waals surface area contributed by atoms with E-state index in [0.717, 1.165) is 24.2 Å². The summed E-state index contributed by atoms with van der Waals surface area (Å²) in [5.74, 6) is 0.358. The number of hydrogen-bond acceptors (Lipinski definition) is 5. The Hall–Kier alpha value is -2.06. The molecule has 0 bridgehead atoms. The quantitative estimate of drug-likeness (QED) is 0.773. The van der Waals surface area contributed by atoms with E-state index in [1.807, 2.05) is 24.3 Å². The predicted octanol–water partition coefficient (Wildman–Crippen LogP) is 1.80. The van der Waals surface area contributed by atoms with Crippen molar-refractivity contribution in [1.29, 1.82) is 5.26 Å². The minimum absolute atomic E-state index is 0.0701. The Kier molecular flexibility index (Phi) is 4.81. The van der Waals surface area contributed by atoms with Crippen LogP contribution in [0.3, 0.4) is 0 Å². The zero-order valence-electron chi connectivity index (χ0n) is 12.2. The summed E-state index contributed by atoms with van der Waals surface area (Å²) in [5.41, 5.74) is 6.75. The number of carbonyl (C=O) groups excluding carboxylic acids is 1. The van der Waals surface area contributed by atoms with E-state index in [1.165, 1.54) is 7.11 Å². The first-order valence-corrected chi connectivity index (χ1v) is 7.01. The Labute approximate surface area is 124 Å². The molecule has 1 aromatic rings. The number of esters is 1. The molecule has 112 valence electrons. The third-order valence-corrected chi connectivity index (χ3v) is 3.84. The maximum absolute atomic E-state index is 11.3. The zero-order valence-corrected chi connectivity index (χ0v) is 12.2. The van der Waals surface area contributed by atoms with Crippen molar-refractivity contribution in [3.05, 3.63) is 29.8 Å². The molecule has 0 saturated heterocycles. The number of nitrogens with zero attached hydrogens (tertiary/aromatic N) is 1. The largest absolute Gasteiger partial charge is 0.493 e. The molecule has 1 atom stereocenters. The Balaban J connectivity index is 1.85. The van der Waals surface area contributed by atoms with Gasteiger partial charge in [0, 0.05) is 11.8 Å². The third-order valence-electron chi connectivity index (χ3n) is 3.84. The molecule has 1 fully saturated rings. The molecular weight excluding hydrogens is 268 g/mol. The van der Waals surface area contributed by atoms with E-state index in [9.17, 15) is 4.79 Å². The van der Waals surface area contributed by atoms with Gasteiger partial charge in [0.2, 0.25) is 0 Å². The molecule has 0 aliphatic heterocycles. The molecule has 0 amide bonds. The van der Waals surface area contributed by atoms with E-state index in [-0.39, 0.29) is 5.41 Å². The Bertz CT molecular complexity index is 529. The number of ether oxygens (including phenoxy) is 2. The van der Waals surface area contributed by atoms with Crippen LogP contribution in [-0.2, 0) is 16.0 Å². The Morgan fingerprint density at radius 3 is 2.62 bits per heavy atom. The van der Waals surface area contributed by atoms with Gasteiger partial charge in [-0.2, -0.15) is 5.26 Å². The smallest absolute Gasteiger partial charge is 0.322 e. The van der Waals surface area contributed by atoms with Crippen LogP contribution in [-0.4, -0.2) is 25.7 Å². The molecule has 1 saturated carbocycles. The fourth-order valence-electron chi connectivity index (χ4n) is 2.16. The molecule has 2 rings (SSSR count).